The first kappa shape index (κ1) is 18.3. The van der Waals surface area contributed by atoms with Gasteiger partial charge in [0.1, 0.15) is 5.60 Å². The molecule has 1 saturated heterocycles. The summed E-state index contributed by atoms with van der Waals surface area (Å²) in [6, 6.07) is 0. The summed E-state index contributed by atoms with van der Waals surface area (Å²) in [4.78, 5) is 13.5. The van der Waals surface area contributed by atoms with Gasteiger partial charge in [-0.05, 0) is 25.1 Å². The molecule has 0 aliphatic carbocycles. The second kappa shape index (κ2) is 7.81. The van der Waals surface area contributed by atoms with E-state index in [4.69, 9.17) is 29.6 Å². The zero-order valence-electron chi connectivity index (χ0n) is 11.4. The predicted octanol–water partition coefficient (Wildman–Crippen LogP) is -2.12. The number of amides is 1. The number of hydrogen-bond acceptors (Lipinski definition) is 5. The van der Waals surface area contributed by atoms with Gasteiger partial charge in [-0.15, -0.1) is 0 Å². The number of carbonyl (C=O) groups excluding carboxylic acids is 1. The Morgan fingerprint density at radius 3 is 2.17 bits per heavy atom. The fourth-order valence-corrected chi connectivity index (χ4v) is 1.71. The maximum Gasteiger partial charge on any atom is 1.00 e. The molecule has 0 unspecified atom stereocenters. The molecule has 0 radical (unpaired) electrons. The Balaban J connectivity index is 0.00000289. The Labute approximate surface area is 141 Å². The van der Waals surface area contributed by atoms with Crippen molar-refractivity contribution in [1.29, 1.82) is 0 Å². The van der Waals surface area contributed by atoms with Crippen LogP contribution in [0.2, 0.25) is 0 Å². The Morgan fingerprint density at radius 2 is 1.78 bits per heavy atom. The molecule has 18 heavy (non-hydrogen) atoms. The van der Waals surface area contributed by atoms with Crippen molar-refractivity contribution in [3.05, 3.63) is 0 Å². The van der Waals surface area contributed by atoms with Crippen molar-refractivity contribution >= 4 is 35.3 Å². The molecule has 0 saturated carbocycles. The van der Waals surface area contributed by atoms with Crippen LogP contribution < -0.4 is 35.0 Å². The van der Waals surface area contributed by atoms with Crippen molar-refractivity contribution in [2.45, 2.75) is 26.4 Å². The zero-order valence-corrected chi connectivity index (χ0v) is 15.0. The third-order valence-electron chi connectivity index (χ3n) is 2.18. The fraction of sp³-hybridized carbons (Fsp3) is 0.800. The topological polar surface area (TPSA) is 44.8 Å². The van der Waals surface area contributed by atoms with Gasteiger partial charge in [-0.3, -0.25) is 0 Å². The van der Waals surface area contributed by atoms with E-state index in [-0.39, 0.29) is 35.7 Å². The van der Waals surface area contributed by atoms with Crippen molar-refractivity contribution in [3.8, 4) is 0 Å². The molecule has 1 fully saturated rings. The van der Waals surface area contributed by atoms with Crippen LogP contribution >= 0.6 is 12.2 Å². The largest absolute Gasteiger partial charge is 1.00 e. The number of hydrogen-bond donors (Lipinski definition) is 1. The van der Waals surface area contributed by atoms with E-state index in [9.17, 15) is 4.79 Å². The quantitative estimate of drug-likeness (QED) is 0.339. The van der Waals surface area contributed by atoms with E-state index in [2.05, 4.69) is 5.43 Å². The van der Waals surface area contributed by atoms with Crippen LogP contribution in [0.5, 0.6) is 0 Å². The molecule has 0 aromatic heterocycles. The first-order chi connectivity index (χ1) is 7.78. The third-order valence-corrected chi connectivity index (χ3v) is 2.36. The number of thiocarbonyl (C=S) groups is 1. The van der Waals surface area contributed by atoms with E-state index in [1.807, 2.05) is 25.8 Å². The zero-order chi connectivity index (χ0) is 13.1. The normalized spacial score (nSPS) is 16.7. The van der Waals surface area contributed by atoms with Crippen LogP contribution in [0.1, 0.15) is 20.8 Å². The van der Waals surface area contributed by atoms with Gasteiger partial charge in [0.05, 0.1) is 0 Å². The van der Waals surface area contributed by atoms with E-state index < -0.39 is 5.60 Å². The van der Waals surface area contributed by atoms with Crippen molar-refractivity contribution < 1.29 is 39.1 Å². The molecule has 0 bridgehead atoms. The first-order valence-electron chi connectivity index (χ1n) is 5.48. The molecule has 0 aromatic rings. The predicted molar refractivity (Wildman–Crippen MR) is 72.5 cm³/mol. The van der Waals surface area contributed by atoms with Gasteiger partial charge in [-0.2, -0.15) is 0 Å². The van der Waals surface area contributed by atoms with E-state index in [1.165, 1.54) is 0 Å². The Hall–Kier alpha value is 0.340. The molecule has 1 N–H and O–H groups in total. The fourth-order valence-electron chi connectivity index (χ4n) is 1.46. The molecule has 1 aliphatic rings. The van der Waals surface area contributed by atoms with Crippen LogP contribution in [0, 0.1) is 0 Å². The number of piperazine rings is 1. The first-order valence-corrected chi connectivity index (χ1v) is 6.30. The molecule has 1 heterocycles. The Kier molecular flexibility index (Phi) is 7.96. The molecule has 1 aliphatic heterocycles. The molecule has 1 rings (SSSR count). The molecule has 0 aromatic carbocycles. The molecule has 8 heteroatoms. The molecular formula is C10H18N3NaO2S2. The van der Waals surface area contributed by atoms with Gasteiger partial charge in [0, 0.05) is 26.2 Å². The van der Waals surface area contributed by atoms with Crippen molar-refractivity contribution in [3.63, 3.8) is 0 Å². The minimum Gasteiger partial charge on any atom is -0.444 e. The number of ether oxygens (including phenoxy) is 1. The number of rotatable bonds is 1. The summed E-state index contributed by atoms with van der Waals surface area (Å²) in [5, 5.41) is 1.91. The smallest absolute Gasteiger partial charge is 0.444 e. The minimum atomic E-state index is -0.450. The Bertz CT molecular complexity index is 302. The van der Waals surface area contributed by atoms with E-state index >= 15 is 0 Å². The van der Waals surface area contributed by atoms with Gasteiger partial charge in [-0.1, -0.05) is 0 Å². The summed E-state index contributed by atoms with van der Waals surface area (Å²) in [7, 11) is 0. The molecule has 98 valence electrons. The number of nitrogens with one attached hydrogen (secondary N) is 1. The van der Waals surface area contributed by atoms with E-state index in [0.717, 1.165) is 0 Å². The standard InChI is InChI=1S/C10H19N3O2S2.Na/c1-10(2,3)15-9(14)12-4-6-13(7-5-12)11-8(16)17;/h4-7H2,1-3H3,(H2,11,16,17);/q;+1/p-1. The molecular weight excluding hydrogens is 281 g/mol. The summed E-state index contributed by atoms with van der Waals surface area (Å²) in [6.07, 6.45) is -0.266. The maximum absolute atomic E-state index is 11.8. The molecule has 5 nitrogen and oxygen atoms in total. The average Bonchev–Trinajstić information content (AvgIpc) is 2.15. The third kappa shape index (κ3) is 7.06. The van der Waals surface area contributed by atoms with Crippen molar-refractivity contribution in [2.75, 3.05) is 26.2 Å². The summed E-state index contributed by atoms with van der Waals surface area (Å²) < 4.78 is 5.62. The summed E-state index contributed by atoms with van der Waals surface area (Å²) in [5.41, 5.74) is 2.44. The van der Waals surface area contributed by atoms with E-state index in [0.29, 0.717) is 30.5 Å². The second-order valence-corrected chi connectivity index (χ2v) is 5.93. The average molecular weight is 299 g/mol. The molecule has 0 spiro atoms. The van der Waals surface area contributed by atoms with Crippen LogP contribution in [0.25, 0.3) is 0 Å². The van der Waals surface area contributed by atoms with Gasteiger partial charge in [0.2, 0.25) is 0 Å². The van der Waals surface area contributed by atoms with Crippen LogP contribution in [-0.4, -0.2) is 52.1 Å². The van der Waals surface area contributed by atoms with Crippen LogP contribution in [0.3, 0.4) is 0 Å². The van der Waals surface area contributed by atoms with E-state index in [1.54, 1.807) is 4.90 Å². The number of nitrogens with zero attached hydrogens (tertiary/aromatic N) is 2. The second-order valence-electron chi connectivity index (χ2n) is 4.85. The number of carbonyl (C=O) groups is 1. The number of hydrazine groups is 1. The van der Waals surface area contributed by atoms with Crippen LogP contribution in [-0.2, 0) is 17.4 Å². The van der Waals surface area contributed by atoms with Crippen LogP contribution in [0.15, 0.2) is 0 Å². The summed E-state index contributed by atoms with van der Waals surface area (Å²) in [6.45, 7) is 8.18. The molecule has 0 atom stereocenters. The summed E-state index contributed by atoms with van der Waals surface area (Å²) in [5.74, 6) is 0. The maximum atomic E-state index is 11.8. The van der Waals surface area contributed by atoms with Gasteiger partial charge >= 0.3 is 35.7 Å². The van der Waals surface area contributed by atoms with Gasteiger partial charge in [0.15, 0.2) is 0 Å². The van der Waals surface area contributed by atoms with Gasteiger partial charge in [0.25, 0.3) is 0 Å². The van der Waals surface area contributed by atoms with Gasteiger partial charge in [-0.25, -0.2) is 9.80 Å². The summed E-state index contributed by atoms with van der Waals surface area (Å²) >= 11 is 9.57. The van der Waals surface area contributed by atoms with Crippen molar-refractivity contribution in [2.24, 2.45) is 0 Å². The minimum absolute atomic E-state index is 0. The monoisotopic (exact) mass is 299 g/mol. The molecule has 1 amide bonds. The van der Waals surface area contributed by atoms with Crippen molar-refractivity contribution in [1.82, 2.24) is 15.3 Å². The SMILES string of the molecule is CC(C)(C)OC(=O)N1CCN(NC(=S)[S-])CC1.[Na+]. The van der Waals surface area contributed by atoms with Crippen LogP contribution in [0.4, 0.5) is 4.79 Å². The Morgan fingerprint density at radius 1 is 1.28 bits per heavy atom. The van der Waals surface area contributed by atoms with Gasteiger partial charge < -0.3 is 39.9 Å².